The van der Waals surface area contributed by atoms with E-state index in [0.29, 0.717) is 5.82 Å². The summed E-state index contributed by atoms with van der Waals surface area (Å²) in [5, 5.41) is 6.41. The van der Waals surface area contributed by atoms with Crippen LogP contribution in [0.15, 0.2) is 200 Å². The zero-order valence-corrected chi connectivity index (χ0v) is 34.8. The summed E-state index contributed by atoms with van der Waals surface area (Å²) in [6, 6.07) is 72.1. The molecule has 0 spiro atoms. The second-order valence-corrected chi connectivity index (χ2v) is 21.8. The van der Waals surface area contributed by atoms with E-state index in [-0.39, 0.29) is 0 Å². The Morgan fingerprint density at radius 3 is 1.50 bits per heavy atom. The van der Waals surface area contributed by atoms with Crippen molar-refractivity contribution in [2.75, 3.05) is 0 Å². The SMILES string of the molecule is C[Si](C)(C)c1ccc(-n2c3ccccc3c3cc(-c4ccc5c6ccccc6n(-c6cccc(-c7nc(-c8ccccc8)cc(-c8ccccc8)n7)c6)c5c4)ccc32)cc1. The highest BCUT2D eigenvalue weighted by Gasteiger charge is 2.19. The number of benzene rings is 8. The maximum absolute atomic E-state index is 5.16. The Morgan fingerprint density at radius 2 is 0.850 bits per heavy atom. The van der Waals surface area contributed by atoms with Gasteiger partial charge in [0, 0.05) is 49.6 Å². The number of rotatable bonds is 7. The first-order valence-corrected chi connectivity index (χ1v) is 24.2. The fraction of sp³-hybridized carbons (Fsp3) is 0.0545. The lowest BCUT2D eigenvalue weighted by molar-refractivity contribution is 1.16. The summed E-state index contributed by atoms with van der Waals surface area (Å²) in [5.74, 6) is 0.693. The molecule has 0 saturated heterocycles. The fourth-order valence-corrected chi connectivity index (χ4v) is 10.0. The van der Waals surface area contributed by atoms with Crippen molar-refractivity contribution < 1.29 is 0 Å². The Kier molecular flexibility index (Phi) is 8.46. The van der Waals surface area contributed by atoms with Gasteiger partial charge in [-0.1, -0.05) is 164 Å². The molecule has 5 heteroatoms. The van der Waals surface area contributed by atoms with E-state index < -0.39 is 8.07 Å². The normalized spacial score (nSPS) is 11.9. The van der Waals surface area contributed by atoms with Gasteiger partial charge >= 0.3 is 0 Å². The first-order valence-electron chi connectivity index (χ1n) is 20.7. The van der Waals surface area contributed by atoms with E-state index in [1.807, 2.05) is 12.1 Å². The minimum absolute atomic E-state index is 0.693. The molecule has 4 nitrogen and oxygen atoms in total. The third-order valence-corrected chi connectivity index (χ3v) is 14.0. The molecular weight excluding hydrogens is 745 g/mol. The summed E-state index contributed by atoms with van der Waals surface area (Å²) in [4.78, 5) is 10.3. The Balaban J connectivity index is 1.05. The van der Waals surface area contributed by atoms with Crippen LogP contribution in [0, 0.1) is 0 Å². The van der Waals surface area contributed by atoms with Gasteiger partial charge in [-0.25, -0.2) is 9.97 Å². The molecule has 0 atom stereocenters. The average Bonchev–Trinajstić information content (AvgIpc) is 3.81. The van der Waals surface area contributed by atoms with Gasteiger partial charge in [-0.3, -0.25) is 0 Å². The molecule has 0 aliphatic rings. The summed E-state index contributed by atoms with van der Waals surface area (Å²) < 4.78 is 4.81. The van der Waals surface area contributed by atoms with E-state index in [2.05, 4.69) is 217 Å². The van der Waals surface area contributed by atoms with Gasteiger partial charge < -0.3 is 9.13 Å². The summed E-state index contributed by atoms with van der Waals surface area (Å²) in [7, 11) is -1.41. The van der Waals surface area contributed by atoms with Crippen LogP contribution in [0.5, 0.6) is 0 Å². The molecule has 11 aromatic rings. The van der Waals surface area contributed by atoms with E-state index >= 15 is 0 Å². The predicted octanol–water partition coefficient (Wildman–Crippen LogP) is 13.9. The fourth-order valence-electron chi connectivity index (χ4n) is 8.84. The molecule has 0 saturated carbocycles. The molecule has 0 N–H and O–H groups in total. The minimum atomic E-state index is -1.41. The van der Waals surface area contributed by atoms with Crippen LogP contribution >= 0.6 is 0 Å². The summed E-state index contributed by atoms with van der Waals surface area (Å²) in [6.45, 7) is 7.21. The number of fused-ring (bicyclic) bond motifs is 6. The molecule has 60 heavy (non-hydrogen) atoms. The standard InChI is InChI=1S/C55H42N4Si/c1-60(2,3)44-29-27-42(28-30-44)58-52-24-13-11-22-46(52)48-34-39(26-32-53(48)58)40-25-31-47-45-21-10-12-23-51(45)59(54(47)35-40)43-20-14-19-41(33-43)55-56-49(37-15-6-4-7-16-37)36-50(57-55)38-17-8-5-9-18-38/h4-36H,1-3H3. The number of nitrogens with zero attached hydrogens (tertiary/aromatic N) is 4. The van der Waals surface area contributed by atoms with E-state index in [4.69, 9.17) is 9.97 Å². The van der Waals surface area contributed by atoms with Crippen molar-refractivity contribution in [2.45, 2.75) is 19.6 Å². The lowest BCUT2D eigenvalue weighted by atomic mass is 10.0. The Labute approximate surface area is 350 Å². The third kappa shape index (κ3) is 6.14. The van der Waals surface area contributed by atoms with Gasteiger partial charge in [-0.05, 0) is 71.8 Å². The van der Waals surface area contributed by atoms with Gasteiger partial charge in [-0.15, -0.1) is 0 Å². The highest BCUT2D eigenvalue weighted by molar-refractivity contribution is 6.88. The van der Waals surface area contributed by atoms with Crippen LogP contribution in [0.3, 0.4) is 0 Å². The third-order valence-electron chi connectivity index (χ3n) is 11.9. The Bertz CT molecular complexity index is 3330. The molecule has 0 unspecified atom stereocenters. The maximum Gasteiger partial charge on any atom is 0.160 e. The molecule has 0 aliphatic heterocycles. The number of hydrogen-bond acceptors (Lipinski definition) is 2. The molecule has 3 heterocycles. The van der Waals surface area contributed by atoms with Crippen molar-refractivity contribution >= 4 is 56.9 Å². The predicted molar refractivity (Wildman–Crippen MR) is 255 cm³/mol. The quantitative estimate of drug-likeness (QED) is 0.151. The van der Waals surface area contributed by atoms with Crippen LogP contribution in [0.4, 0.5) is 0 Å². The van der Waals surface area contributed by atoms with E-state index in [9.17, 15) is 0 Å². The van der Waals surface area contributed by atoms with Crippen LogP contribution in [-0.4, -0.2) is 27.2 Å². The monoisotopic (exact) mass is 786 g/mol. The van der Waals surface area contributed by atoms with Crippen molar-refractivity contribution in [1.82, 2.24) is 19.1 Å². The Morgan fingerprint density at radius 1 is 0.333 bits per heavy atom. The molecule has 0 aliphatic carbocycles. The second kappa shape index (κ2) is 14.2. The van der Waals surface area contributed by atoms with Crippen molar-refractivity contribution in [3.8, 4) is 56.4 Å². The van der Waals surface area contributed by atoms with Crippen LogP contribution < -0.4 is 5.19 Å². The smallest absolute Gasteiger partial charge is 0.160 e. The summed E-state index contributed by atoms with van der Waals surface area (Å²) in [5.41, 5.74) is 14.2. The molecule has 0 bridgehead atoms. The highest BCUT2D eigenvalue weighted by Crippen LogP contribution is 2.39. The highest BCUT2D eigenvalue weighted by atomic mass is 28.3. The van der Waals surface area contributed by atoms with Gasteiger partial charge in [0.25, 0.3) is 0 Å². The topological polar surface area (TPSA) is 35.6 Å². The number of para-hydroxylation sites is 2. The van der Waals surface area contributed by atoms with E-state index in [1.54, 1.807) is 0 Å². The van der Waals surface area contributed by atoms with E-state index in [1.165, 1.54) is 54.6 Å². The molecule has 0 fully saturated rings. The van der Waals surface area contributed by atoms with Crippen molar-refractivity contribution in [3.63, 3.8) is 0 Å². The van der Waals surface area contributed by atoms with Crippen molar-refractivity contribution in [1.29, 1.82) is 0 Å². The average molecular weight is 787 g/mol. The van der Waals surface area contributed by atoms with Gasteiger partial charge in [0.05, 0.1) is 41.5 Å². The van der Waals surface area contributed by atoms with Crippen molar-refractivity contribution in [3.05, 3.63) is 200 Å². The first kappa shape index (κ1) is 35.8. The summed E-state index contributed by atoms with van der Waals surface area (Å²) in [6.07, 6.45) is 0. The molecule has 8 aromatic carbocycles. The van der Waals surface area contributed by atoms with Crippen molar-refractivity contribution in [2.24, 2.45) is 0 Å². The van der Waals surface area contributed by atoms with Gasteiger partial charge in [0.15, 0.2) is 5.82 Å². The Hall–Kier alpha value is -7.34. The van der Waals surface area contributed by atoms with Gasteiger partial charge in [-0.2, -0.15) is 0 Å². The lowest BCUT2D eigenvalue weighted by Crippen LogP contribution is -2.37. The maximum atomic E-state index is 5.16. The molecule has 3 aromatic heterocycles. The lowest BCUT2D eigenvalue weighted by Gasteiger charge is -2.17. The second-order valence-electron chi connectivity index (χ2n) is 16.7. The van der Waals surface area contributed by atoms with Crippen LogP contribution in [-0.2, 0) is 0 Å². The minimum Gasteiger partial charge on any atom is -0.309 e. The van der Waals surface area contributed by atoms with Gasteiger partial charge in [0.2, 0.25) is 0 Å². The van der Waals surface area contributed by atoms with Crippen LogP contribution in [0.1, 0.15) is 0 Å². The zero-order valence-electron chi connectivity index (χ0n) is 33.8. The molecule has 0 radical (unpaired) electrons. The van der Waals surface area contributed by atoms with Crippen LogP contribution in [0.2, 0.25) is 19.6 Å². The zero-order chi connectivity index (χ0) is 40.4. The number of aromatic nitrogens is 4. The van der Waals surface area contributed by atoms with Crippen LogP contribution in [0.25, 0.3) is 100 Å². The first-order chi connectivity index (χ1) is 29.4. The van der Waals surface area contributed by atoms with Gasteiger partial charge in [0.1, 0.15) is 0 Å². The molecule has 0 amide bonds. The molecule has 11 rings (SSSR count). The number of hydrogen-bond donors (Lipinski definition) is 0. The van der Waals surface area contributed by atoms with E-state index in [0.717, 1.165) is 44.8 Å². The molecular formula is C55H42N4Si. The molecule has 286 valence electrons. The summed E-state index contributed by atoms with van der Waals surface area (Å²) >= 11 is 0. The largest absolute Gasteiger partial charge is 0.309 e.